The van der Waals surface area contributed by atoms with E-state index in [1.165, 1.54) is 0 Å². The standard InChI is InChI=1S/C9H20N2O/c1-8(12)9(10)6-4-5-7-11(2)3/h9H,4-7,10H2,1-3H3/t9-/m0/s1. The second kappa shape index (κ2) is 6.14. The summed E-state index contributed by atoms with van der Waals surface area (Å²) in [5.41, 5.74) is 5.57. The predicted octanol–water partition coefficient (Wildman–Crippen LogP) is 0.635. The molecule has 0 aromatic rings. The van der Waals surface area contributed by atoms with E-state index in [1.807, 2.05) is 14.1 Å². The van der Waals surface area contributed by atoms with Gasteiger partial charge in [0, 0.05) is 0 Å². The normalized spacial score (nSPS) is 13.4. The van der Waals surface area contributed by atoms with Gasteiger partial charge in [-0.3, -0.25) is 4.79 Å². The van der Waals surface area contributed by atoms with Crippen molar-refractivity contribution in [2.75, 3.05) is 20.6 Å². The fourth-order valence-corrected chi connectivity index (χ4v) is 0.996. The van der Waals surface area contributed by atoms with Gasteiger partial charge in [-0.15, -0.1) is 0 Å². The first-order valence-electron chi connectivity index (χ1n) is 4.45. The van der Waals surface area contributed by atoms with Crippen LogP contribution in [0.15, 0.2) is 0 Å². The molecule has 0 aliphatic heterocycles. The van der Waals surface area contributed by atoms with Crippen LogP contribution in [0.5, 0.6) is 0 Å². The molecule has 1 atom stereocenters. The van der Waals surface area contributed by atoms with Crippen molar-refractivity contribution in [2.45, 2.75) is 32.2 Å². The van der Waals surface area contributed by atoms with Gasteiger partial charge in [0.1, 0.15) is 5.78 Å². The van der Waals surface area contributed by atoms with E-state index in [-0.39, 0.29) is 11.8 Å². The molecule has 0 unspecified atom stereocenters. The molecule has 0 saturated heterocycles. The van der Waals surface area contributed by atoms with Crippen LogP contribution >= 0.6 is 0 Å². The summed E-state index contributed by atoms with van der Waals surface area (Å²) in [7, 11) is 4.09. The Labute approximate surface area is 74.9 Å². The zero-order valence-electron chi connectivity index (χ0n) is 8.34. The Balaban J connectivity index is 3.25. The maximum Gasteiger partial charge on any atom is 0.146 e. The number of ketones is 1. The molecule has 72 valence electrons. The van der Waals surface area contributed by atoms with Gasteiger partial charge in [-0.25, -0.2) is 0 Å². The van der Waals surface area contributed by atoms with Gasteiger partial charge in [-0.05, 0) is 40.4 Å². The first-order valence-corrected chi connectivity index (χ1v) is 4.45. The average Bonchev–Trinajstić information content (AvgIpc) is 1.97. The Hall–Kier alpha value is -0.410. The minimum absolute atomic E-state index is 0.0971. The summed E-state index contributed by atoms with van der Waals surface area (Å²) in [4.78, 5) is 12.9. The zero-order chi connectivity index (χ0) is 9.56. The van der Waals surface area contributed by atoms with Gasteiger partial charge in [0.05, 0.1) is 6.04 Å². The van der Waals surface area contributed by atoms with E-state index < -0.39 is 0 Å². The van der Waals surface area contributed by atoms with Gasteiger partial charge in [-0.1, -0.05) is 6.42 Å². The molecular formula is C9H20N2O. The minimum atomic E-state index is -0.243. The van der Waals surface area contributed by atoms with Crippen molar-refractivity contribution in [1.82, 2.24) is 4.90 Å². The van der Waals surface area contributed by atoms with Crippen molar-refractivity contribution in [2.24, 2.45) is 5.73 Å². The second-order valence-corrected chi connectivity index (χ2v) is 3.52. The highest BCUT2D eigenvalue weighted by Gasteiger charge is 2.06. The minimum Gasteiger partial charge on any atom is -0.322 e. The topological polar surface area (TPSA) is 46.3 Å². The van der Waals surface area contributed by atoms with Crippen LogP contribution in [0.2, 0.25) is 0 Å². The van der Waals surface area contributed by atoms with Crippen LogP contribution < -0.4 is 5.73 Å². The third kappa shape index (κ3) is 6.31. The second-order valence-electron chi connectivity index (χ2n) is 3.52. The van der Waals surface area contributed by atoms with Gasteiger partial charge in [0.2, 0.25) is 0 Å². The summed E-state index contributed by atoms with van der Waals surface area (Å²) in [5.74, 6) is 0.0971. The largest absolute Gasteiger partial charge is 0.322 e. The van der Waals surface area contributed by atoms with Gasteiger partial charge < -0.3 is 10.6 Å². The number of hydrogen-bond donors (Lipinski definition) is 1. The molecule has 0 saturated carbocycles. The number of unbranched alkanes of at least 4 members (excludes halogenated alkanes) is 1. The fourth-order valence-electron chi connectivity index (χ4n) is 0.996. The van der Waals surface area contributed by atoms with Crippen molar-refractivity contribution in [3.05, 3.63) is 0 Å². The van der Waals surface area contributed by atoms with E-state index in [9.17, 15) is 4.79 Å². The summed E-state index contributed by atoms with van der Waals surface area (Å²) in [6, 6.07) is -0.243. The first-order chi connectivity index (χ1) is 5.54. The number of Topliss-reactive ketones (excluding diaryl/α,β-unsaturated/α-hetero) is 1. The van der Waals surface area contributed by atoms with Crippen LogP contribution in [0.1, 0.15) is 26.2 Å². The maximum atomic E-state index is 10.7. The lowest BCUT2D eigenvalue weighted by Gasteiger charge is -2.10. The molecule has 2 N–H and O–H groups in total. The summed E-state index contributed by atoms with van der Waals surface area (Å²) in [6.07, 6.45) is 2.98. The molecule has 0 amide bonds. The quantitative estimate of drug-likeness (QED) is 0.598. The van der Waals surface area contributed by atoms with Crippen LogP contribution in [0.3, 0.4) is 0 Å². The molecule has 3 nitrogen and oxygen atoms in total. The lowest BCUT2D eigenvalue weighted by atomic mass is 10.1. The van der Waals surface area contributed by atoms with E-state index in [0.29, 0.717) is 0 Å². The summed E-state index contributed by atoms with van der Waals surface area (Å²) in [5, 5.41) is 0. The van der Waals surface area contributed by atoms with Crippen molar-refractivity contribution in [3.8, 4) is 0 Å². The van der Waals surface area contributed by atoms with E-state index >= 15 is 0 Å². The highest BCUT2D eigenvalue weighted by Crippen LogP contribution is 2.00. The SMILES string of the molecule is CC(=O)[C@@H](N)CCCCN(C)C. The molecule has 0 aromatic heterocycles. The molecule has 0 aliphatic carbocycles. The highest BCUT2D eigenvalue weighted by atomic mass is 16.1. The molecule has 0 spiro atoms. The van der Waals surface area contributed by atoms with Crippen LogP contribution in [0.25, 0.3) is 0 Å². The van der Waals surface area contributed by atoms with Crippen molar-refractivity contribution in [3.63, 3.8) is 0 Å². The molecule has 0 aromatic carbocycles. The van der Waals surface area contributed by atoms with Gasteiger partial charge in [0.15, 0.2) is 0 Å². The van der Waals surface area contributed by atoms with Gasteiger partial charge in [-0.2, -0.15) is 0 Å². The number of rotatable bonds is 6. The number of nitrogens with zero attached hydrogens (tertiary/aromatic N) is 1. The van der Waals surface area contributed by atoms with Crippen molar-refractivity contribution >= 4 is 5.78 Å². The average molecular weight is 172 g/mol. The molecule has 0 fully saturated rings. The number of carbonyl (C=O) groups excluding carboxylic acids is 1. The smallest absolute Gasteiger partial charge is 0.146 e. The molecule has 3 heteroatoms. The van der Waals surface area contributed by atoms with E-state index in [2.05, 4.69) is 4.90 Å². The molecular weight excluding hydrogens is 152 g/mol. The number of hydrogen-bond acceptors (Lipinski definition) is 3. The Morgan fingerprint density at radius 3 is 2.42 bits per heavy atom. The predicted molar refractivity (Wildman–Crippen MR) is 51.1 cm³/mol. The molecule has 0 aliphatic rings. The number of carbonyl (C=O) groups is 1. The Morgan fingerprint density at radius 2 is 2.00 bits per heavy atom. The molecule has 0 radical (unpaired) electrons. The summed E-state index contributed by atoms with van der Waals surface area (Å²) < 4.78 is 0. The fraction of sp³-hybridized carbons (Fsp3) is 0.889. The third-order valence-corrected chi connectivity index (χ3v) is 1.89. The van der Waals surface area contributed by atoms with E-state index in [4.69, 9.17) is 5.73 Å². The van der Waals surface area contributed by atoms with Gasteiger partial charge in [0.25, 0.3) is 0 Å². The molecule has 0 rings (SSSR count). The highest BCUT2D eigenvalue weighted by molar-refractivity contribution is 5.80. The van der Waals surface area contributed by atoms with Crippen molar-refractivity contribution < 1.29 is 4.79 Å². The van der Waals surface area contributed by atoms with Gasteiger partial charge >= 0.3 is 0 Å². The Morgan fingerprint density at radius 1 is 1.42 bits per heavy atom. The number of nitrogens with two attached hydrogens (primary N) is 1. The zero-order valence-corrected chi connectivity index (χ0v) is 8.34. The third-order valence-electron chi connectivity index (χ3n) is 1.89. The summed E-state index contributed by atoms with van der Waals surface area (Å²) in [6.45, 7) is 2.63. The van der Waals surface area contributed by atoms with E-state index in [0.717, 1.165) is 25.8 Å². The lowest BCUT2D eigenvalue weighted by molar-refractivity contribution is -0.118. The lowest BCUT2D eigenvalue weighted by Crippen LogP contribution is -2.28. The maximum absolute atomic E-state index is 10.7. The Kier molecular flexibility index (Phi) is 5.93. The van der Waals surface area contributed by atoms with Crippen LogP contribution in [-0.2, 0) is 4.79 Å². The monoisotopic (exact) mass is 172 g/mol. The van der Waals surface area contributed by atoms with Crippen LogP contribution in [-0.4, -0.2) is 37.4 Å². The molecule has 0 bridgehead atoms. The first kappa shape index (κ1) is 11.6. The Bertz CT molecular complexity index is 134. The van der Waals surface area contributed by atoms with Crippen LogP contribution in [0.4, 0.5) is 0 Å². The molecule has 0 heterocycles. The summed E-state index contributed by atoms with van der Waals surface area (Å²) >= 11 is 0. The molecule has 12 heavy (non-hydrogen) atoms. The van der Waals surface area contributed by atoms with Crippen LogP contribution in [0, 0.1) is 0 Å². The van der Waals surface area contributed by atoms with Crippen molar-refractivity contribution in [1.29, 1.82) is 0 Å². The van der Waals surface area contributed by atoms with E-state index in [1.54, 1.807) is 6.92 Å².